The zero-order chi connectivity index (χ0) is 15.7. The Hall–Kier alpha value is -1.88. The highest BCUT2D eigenvalue weighted by Crippen LogP contribution is 2.51. The summed E-state index contributed by atoms with van der Waals surface area (Å²) >= 11 is 0. The largest absolute Gasteiger partial charge is 0.464 e. The van der Waals surface area contributed by atoms with Crippen molar-refractivity contribution in [3.8, 4) is 0 Å². The van der Waals surface area contributed by atoms with E-state index < -0.39 is 17.6 Å². The van der Waals surface area contributed by atoms with Crippen LogP contribution in [0.4, 0.5) is 0 Å². The number of benzene rings is 1. The quantitative estimate of drug-likeness (QED) is 0.827. The number of nitrogens with one attached hydrogen (secondary N) is 1. The molecule has 0 spiro atoms. The van der Waals surface area contributed by atoms with E-state index in [0.717, 1.165) is 19.3 Å². The third kappa shape index (κ3) is 2.20. The van der Waals surface area contributed by atoms with Crippen molar-refractivity contribution in [1.29, 1.82) is 0 Å². The third-order valence-electron chi connectivity index (χ3n) is 5.00. The van der Waals surface area contributed by atoms with Crippen molar-refractivity contribution in [3.63, 3.8) is 0 Å². The van der Waals surface area contributed by atoms with E-state index >= 15 is 0 Å². The topological polar surface area (TPSA) is 75.6 Å². The van der Waals surface area contributed by atoms with E-state index in [4.69, 9.17) is 4.74 Å². The standard InChI is InChI=1S/C17H21NO4/c1-2-22-16(21)17(13-9-8-12(10-13)14(17)19)18-15(20)11-6-4-3-5-7-11/h3-7,12-14,19H,2,8-10H2,1H3,(H,18,20)/t12-,13+,14-,17+/m0/s1. The number of aliphatic hydroxyl groups excluding tert-OH is 1. The van der Waals surface area contributed by atoms with Gasteiger partial charge in [0.05, 0.1) is 12.7 Å². The van der Waals surface area contributed by atoms with Crippen LogP contribution in [0.3, 0.4) is 0 Å². The molecule has 2 bridgehead atoms. The van der Waals surface area contributed by atoms with Crippen LogP contribution in [0, 0.1) is 11.8 Å². The van der Waals surface area contributed by atoms with Gasteiger partial charge in [-0.2, -0.15) is 0 Å². The second kappa shape index (κ2) is 5.72. The van der Waals surface area contributed by atoms with Gasteiger partial charge in [-0.1, -0.05) is 18.2 Å². The molecule has 0 radical (unpaired) electrons. The van der Waals surface area contributed by atoms with Crippen molar-refractivity contribution in [3.05, 3.63) is 35.9 Å². The highest BCUT2D eigenvalue weighted by atomic mass is 16.5. The smallest absolute Gasteiger partial charge is 0.334 e. The lowest BCUT2D eigenvalue weighted by atomic mass is 9.78. The lowest BCUT2D eigenvalue weighted by molar-refractivity contribution is -0.159. The monoisotopic (exact) mass is 303 g/mol. The molecule has 0 saturated heterocycles. The molecule has 4 atom stereocenters. The molecule has 1 aromatic rings. The Morgan fingerprint density at radius 2 is 2.05 bits per heavy atom. The molecule has 2 fully saturated rings. The van der Waals surface area contributed by atoms with Crippen LogP contribution in [0.2, 0.25) is 0 Å². The molecule has 22 heavy (non-hydrogen) atoms. The fourth-order valence-electron chi connectivity index (χ4n) is 3.94. The molecule has 2 N–H and O–H groups in total. The first-order chi connectivity index (χ1) is 10.6. The number of amides is 1. The SMILES string of the molecule is CCOC(=O)[C@@]1(NC(=O)c2ccccc2)[C@@H]2CC[C@@H](C2)[C@@H]1O. The fraction of sp³-hybridized carbons (Fsp3) is 0.529. The Balaban J connectivity index is 1.90. The molecule has 2 aliphatic rings. The summed E-state index contributed by atoms with van der Waals surface area (Å²) in [7, 11) is 0. The van der Waals surface area contributed by atoms with Crippen LogP contribution in [0.25, 0.3) is 0 Å². The highest BCUT2D eigenvalue weighted by molar-refractivity contribution is 5.98. The van der Waals surface area contributed by atoms with Crippen molar-refractivity contribution in [2.24, 2.45) is 11.8 Å². The lowest BCUT2D eigenvalue weighted by Crippen LogP contribution is -2.65. The van der Waals surface area contributed by atoms with Gasteiger partial charge in [0.15, 0.2) is 5.54 Å². The summed E-state index contributed by atoms with van der Waals surface area (Å²) in [6.07, 6.45) is 1.61. The predicted molar refractivity (Wildman–Crippen MR) is 80.1 cm³/mol. The van der Waals surface area contributed by atoms with Crippen LogP contribution in [-0.2, 0) is 9.53 Å². The summed E-state index contributed by atoms with van der Waals surface area (Å²) < 4.78 is 5.18. The summed E-state index contributed by atoms with van der Waals surface area (Å²) in [6.45, 7) is 1.95. The van der Waals surface area contributed by atoms with Gasteiger partial charge in [0, 0.05) is 5.56 Å². The maximum atomic E-state index is 12.5. The van der Waals surface area contributed by atoms with Gasteiger partial charge in [0.25, 0.3) is 5.91 Å². The second-order valence-corrected chi connectivity index (χ2v) is 6.12. The maximum Gasteiger partial charge on any atom is 0.334 e. The second-order valence-electron chi connectivity index (χ2n) is 6.12. The Morgan fingerprint density at radius 1 is 1.32 bits per heavy atom. The number of fused-ring (bicyclic) bond motifs is 2. The first-order valence-electron chi connectivity index (χ1n) is 7.82. The minimum atomic E-state index is -1.30. The van der Waals surface area contributed by atoms with Gasteiger partial charge in [-0.15, -0.1) is 0 Å². The number of hydrogen-bond donors (Lipinski definition) is 2. The molecule has 3 rings (SSSR count). The Labute approximate surface area is 129 Å². The number of carbonyl (C=O) groups excluding carboxylic acids is 2. The number of aliphatic hydroxyl groups is 1. The van der Waals surface area contributed by atoms with Crippen molar-refractivity contribution >= 4 is 11.9 Å². The molecule has 5 heteroatoms. The van der Waals surface area contributed by atoms with Gasteiger partial charge in [0.2, 0.25) is 0 Å². The van der Waals surface area contributed by atoms with Crippen LogP contribution in [0.1, 0.15) is 36.5 Å². The molecule has 0 aromatic heterocycles. The molecule has 118 valence electrons. The van der Waals surface area contributed by atoms with Crippen molar-refractivity contribution < 1.29 is 19.4 Å². The number of ether oxygens (including phenoxy) is 1. The minimum Gasteiger partial charge on any atom is -0.464 e. The molecular weight excluding hydrogens is 282 g/mol. The first kappa shape index (κ1) is 15.0. The van der Waals surface area contributed by atoms with Gasteiger partial charge in [-0.25, -0.2) is 4.79 Å². The summed E-state index contributed by atoms with van der Waals surface area (Å²) in [5, 5.41) is 13.4. The number of carbonyl (C=O) groups is 2. The van der Waals surface area contributed by atoms with E-state index in [1.807, 2.05) is 6.07 Å². The number of hydrogen-bond acceptors (Lipinski definition) is 4. The normalized spacial score (nSPS) is 32.7. The van der Waals surface area contributed by atoms with Gasteiger partial charge < -0.3 is 15.2 Å². The van der Waals surface area contributed by atoms with Gasteiger partial charge in [-0.3, -0.25) is 4.79 Å². The Kier molecular flexibility index (Phi) is 3.91. The molecule has 0 heterocycles. The molecule has 1 amide bonds. The molecular formula is C17H21NO4. The molecule has 0 unspecified atom stereocenters. The van der Waals surface area contributed by atoms with Gasteiger partial charge in [-0.05, 0) is 50.2 Å². The third-order valence-corrected chi connectivity index (χ3v) is 5.00. The summed E-state index contributed by atoms with van der Waals surface area (Å²) in [5.41, 5.74) is -0.826. The Bertz CT molecular complexity index is 569. The summed E-state index contributed by atoms with van der Waals surface area (Å²) in [4.78, 5) is 25.0. The van der Waals surface area contributed by atoms with Gasteiger partial charge >= 0.3 is 5.97 Å². The van der Waals surface area contributed by atoms with Crippen LogP contribution >= 0.6 is 0 Å². The zero-order valence-electron chi connectivity index (χ0n) is 12.6. The number of rotatable bonds is 4. The molecule has 5 nitrogen and oxygen atoms in total. The van der Waals surface area contributed by atoms with Gasteiger partial charge in [0.1, 0.15) is 0 Å². The average Bonchev–Trinajstić information content (AvgIpc) is 3.11. The number of esters is 1. The van der Waals surface area contributed by atoms with E-state index in [0.29, 0.717) is 5.56 Å². The molecule has 2 aliphatic carbocycles. The molecule has 2 saturated carbocycles. The summed E-state index contributed by atoms with van der Waals surface area (Å²) in [5.74, 6) is -0.857. The van der Waals surface area contributed by atoms with Crippen molar-refractivity contribution in [2.75, 3.05) is 6.61 Å². The predicted octanol–water partition coefficient (Wildman–Crippen LogP) is 1.51. The fourth-order valence-corrected chi connectivity index (χ4v) is 3.94. The molecule has 1 aromatic carbocycles. The minimum absolute atomic E-state index is 0.0563. The van der Waals surface area contributed by atoms with Crippen LogP contribution in [0.5, 0.6) is 0 Å². The zero-order valence-corrected chi connectivity index (χ0v) is 12.6. The first-order valence-corrected chi connectivity index (χ1v) is 7.82. The van der Waals surface area contributed by atoms with E-state index in [2.05, 4.69) is 5.32 Å². The lowest BCUT2D eigenvalue weighted by Gasteiger charge is -2.39. The van der Waals surface area contributed by atoms with Crippen molar-refractivity contribution in [1.82, 2.24) is 5.32 Å². The van der Waals surface area contributed by atoms with Crippen LogP contribution < -0.4 is 5.32 Å². The van der Waals surface area contributed by atoms with Crippen LogP contribution in [0.15, 0.2) is 30.3 Å². The summed E-state index contributed by atoms with van der Waals surface area (Å²) in [6, 6.07) is 8.73. The molecule has 0 aliphatic heterocycles. The van der Waals surface area contributed by atoms with E-state index in [1.54, 1.807) is 31.2 Å². The van der Waals surface area contributed by atoms with Crippen molar-refractivity contribution in [2.45, 2.75) is 37.8 Å². The maximum absolute atomic E-state index is 12.5. The average molecular weight is 303 g/mol. The highest BCUT2D eigenvalue weighted by Gasteiger charge is 2.64. The van der Waals surface area contributed by atoms with Crippen LogP contribution in [-0.4, -0.2) is 35.2 Å². The van der Waals surface area contributed by atoms with E-state index in [9.17, 15) is 14.7 Å². The Morgan fingerprint density at radius 3 is 2.64 bits per heavy atom. The van der Waals surface area contributed by atoms with E-state index in [-0.39, 0.29) is 24.3 Å². The van der Waals surface area contributed by atoms with E-state index in [1.165, 1.54) is 0 Å².